The molecule has 1 aromatic carbocycles. The lowest BCUT2D eigenvalue weighted by atomic mass is 10.1. The molecule has 9 heteroatoms. The van der Waals surface area contributed by atoms with Crippen LogP contribution in [0.15, 0.2) is 30.5 Å². The molecule has 1 saturated carbocycles. The molecule has 8 nitrogen and oxygen atoms in total. The number of aromatic nitrogens is 1. The normalized spacial score (nSPS) is 20.4. The highest BCUT2D eigenvalue weighted by molar-refractivity contribution is 7.21. The van der Waals surface area contributed by atoms with Crippen molar-refractivity contribution in [1.82, 2.24) is 15.2 Å². The van der Waals surface area contributed by atoms with Crippen molar-refractivity contribution in [2.75, 3.05) is 30.4 Å². The standard InChI is InChI=1S/C25H27N5O3S/c1-14-12-17(33-16-5-6-16)7-8-18(14)30-19-9-10-26-24-20(19)21(28-25(30)32)22(34-24)23(31)27-15-4-3-11-29(2)13-15/h7-10,12,15-16H,3-6,11,13H2,1-2H3,(H,27,31)(H,28,32). The van der Waals surface area contributed by atoms with Gasteiger partial charge in [-0.25, -0.2) is 9.78 Å². The number of ether oxygens (including phenoxy) is 1. The average Bonchev–Trinajstić information content (AvgIpc) is 3.54. The molecule has 2 N–H and O–H groups in total. The Bertz CT molecular complexity index is 1300. The zero-order valence-electron chi connectivity index (χ0n) is 19.3. The van der Waals surface area contributed by atoms with Crippen LogP contribution < -0.4 is 20.3 Å². The molecule has 1 aliphatic carbocycles. The monoisotopic (exact) mass is 477 g/mol. The smallest absolute Gasteiger partial charge is 0.331 e. The number of likely N-dealkylation sites (tertiary alicyclic amines) is 1. The van der Waals surface area contributed by atoms with Crippen LogP contribution in [0.25, 0.3) is 10.2 Å². The Morgan fingerprint density at radius 2 is 2.09 bits per heavy atom. The summed E-state index contributed by atoms with van der Waals surface area (Å²) < 4.78 is 5.91. The number of rotatable bonds is 5. The highest BCUT2D eigenvalue weighted by Gasteiger charge is 2.34. The van der Waals surface area contributed by atoms with Crippen molar-refractivity contribution in [1.29, 1.82) is 0 Å². The highest BCUT2D eigenvalue weighted by atomic mass is 32.1. The Labute approximate surface area is 201 Å². The fourth-order valence-electron chi connectivity index (χ4n) is 4.85. The number of amides is 3. The number of carbonyl (C=O) groups is 2. The van der Waals surface area contributed by atoms with E-state index in [0.717, 1.165) is 71.7 Å². The van der Waals surface area contributed by atoms with E-state index in [4.69, 9.17) is 4.74 Å². The molecule has 4 heterocycles. The van der Waals surface area contributed by atoms with E-state index in [1.165, 1.54) is 11.3 Å². The van der Waals surface area contributed by atoms with Gasteiger partial charge >= 0.3 is 6.03 Å². The van der Waals surface area contributed by atoms with Crippen molar-refractivity contribution in [3.05, 3.63) is 40.9 Å². The second-order valence-corrected chi connectivity index (χ2v) is 10.4. The largest absolute Gasteiger partial charge is 0.490 e. The van der Waals surface area contributed by atoms with Gasteiger partial charge in [0.25, 0.3) is 5.91 Å². The number of nitrogens with one attached hydrogen (secondary N) is 2. The minimum absolute atomic E-state index is 0.103. The van der Waals surface area contributed by atoms with Gasteiger partial charge in [-0.3, -0.25) is 9.69 Å². The van der Waals surface area contributed by atoms with E-state index in [1.54, 1.807) is 11.1 Å². The summed E-state index contributed by atoms with van der Waals surface area (Å²) in [6.07, 6.45) is 6.22. The molecule has 0 radical (unpaired) electrons. The zero-order chi connectivity index (χ0) is 23.4. The number of hydrogen-bond donors (Lipinski definition) is 2. The van der Waals surface area contributed by atoms with Gasteiger partial charge in [-0.15, -0.1) is 11.3 Å². The minimum Gasteiger partial charge on any atom is -0.490 e. The van der Waals surface area contributed by atoms with Gasteiger partial charge in [-0.2, -0.15) is 0 Å². The summed E-state index contributed by atoms with van der Waals surface area (Å²) in [5, 5.41) is 6.95. The molecular formula is C25H27N5O3S. The maximum absolute atomic E-state index is 13.4. The van der Waals surface area contributed by atoms with Gasteiger partial charge in [-0.1, -0.05) is 0 Å². The van der Waals surface area contributed by atoms with Crippen LogP contribution in [0.3, 0.4) is 0 Å². The van der Waals surface area contributed by atoms with E-state index < -0.39 is 0 Å². The molecule has 1 saturated heterocycles. The number of benzene rings is 1. The second kappa shape index (κ2) is 8.25. The predicted octanol–water partition coefficient (Wildman–Crippen LogP) is 4.65. The van der Waals surface area contributed by atoms with Crippen LogP contribution in [0.4, 0.5) is 21.9 Å². The molecule has 2 aromatic heterocycles. The summed E-state index contributed by atoms with van der Waals surface area (Å²) in [6.45, 7) is 3.85. The van der Waals surface area contributed by atoms with Crippen LogP contribution in [0.1, 0.15) is 40.9 Å². The minimum atomic E-state index is -0.288. The Hall–Kier alpha value is -3.17. The average molecular weight is 478 g/mol. The third-order valence-electron chi connectivity index (χ3n) is 6.65. The van der Waals surface area contributed by atoms with Gasteiger partial charge in [0.1, 0.15) is 15.5 Å². The summed E-state index contributed by atoms with van der Waals surface area (Å²) in [4.78, 5) is 36.2. The number of piperidine rings is 1. The predicted molar refractivity (Wildman–Crippen MR) is 134 cm³/mol. The van der Waals surface area contributed by atoms with Crippen LogP contribution in [0.5, 0.6) is 5.75 Å². The van der Waals surface area contributed by atoms with Gasteiger partial charge in [-0.05, 0) is 76.0 Å². The molecule has 3 amide bonds. The van der Waals surface area contributed by atoms with Crippen molar-refractivity contribution in [2.45, 2.75) is 44.8 Å². The highest BCUT2D eigenvalue weighted by Crippen LogP contribution is 2.46. The third-order valence-corrected chi connectivity index (χ3v) is 7.74. The number of urea groups is 1. The van der Waals surface area contributed by atoms with Gasteiger partial charge in [0, 0.05) is 18.8 Å². The molecule has 0 bridgehead atoms. The van der Waals surface area contributed by atoms with E-state index in [1.807, 2.05) is 31.2 Å². The molecule has 2 fully saturated rings. The van der Waals surface area contributed by atoms with E-state index in [0.29, 0.717) is 16.7 Å². The van der Waals surface area contributed by atoms with E-state index in [2.05, 4.69) is 27.6 Å². The first kappa shape index (κ1) is 21.4. The Kier molecular flexibility index (Phi) is 5.18. The molecule has 2 aliphatic heterocycles. The number of pyridine rings is 1. The zero-order valence-corrected chi connectivity index (χ0v) is 20.1. The van der Waals surface area contributed by atoms with Crippen molar-refractivity contribution in [3.8, 4) is 5.75 Å². The molecule has 6 rings (SSSR count). The Morgan fingerprint density at radius 3 is 2.85 bits per heavy atom. The number of aryl methyl sites for hydroxylation is 1. The lowest BCUT2D eigenvalue weighted by molar-refractivity contribution is 0.0917. The fourth-order valence-corrected chi connectivity index (χ4v) is 5.87. The molecule has 3 aromatic rings. The summed E-state index contributed by atoms with van der Waals surface area (Å²) >= 11 is 1.32. The van der Waals surface area contributed by atoms with E-state index >= 15 is 0 Å². The van der Waals surface area contributed by atoms with Crippen molar-refractivity contribution < 1.29 is 14.3 Å². The number of carbonyl (C=O) groups excluding carboxylic acids is 2. The molecule has 176 valence electrons. The van der Waals surface area contributed by atoms with Crippen molar-refractivity contribution in [3.63, 3.8) is 0 Å². The Balaban J connectivity index is 1.35. The summed E-state index contributed by atoms with van der Waals surface area (Å²) in [5.41, 5.74) is 3.00. The van der Waals surface area contributed by atoms with Crippen LogP contribution in [-0.4, -0.2) is 54.1 Å². The summed E-state index contributed by atoms with van der Waals surface area (Å²) in [5.74, 6) is 0.667. The molecule has 3 aliphatic rings. The van der Waals surface area contributed by atoms with E-state index in [9.17, 15) is 9.59 Å². The SMILES string of the molecule is Cc1cc(OC2CC2)ccc1N1C(=O)Nc2c(C(=O)NC3CCCN(C)C3)sc3nccc1c23. The summed E-state index contributed by atoms with van der Waals surface area (Å²) in [6, 6.07) is 7.46. The molecule has 1 atom stereocenters. The Morgan fingerprint density at radius 1 is 1.24 bits per heavy atom. The molecule has 34 heavy (non-hydrogen) atoms. The van der Waals surface area contributed by atoms with Crippen LogP contribution in [0.2, 0.25) is 0 Å². The maximum Gasteiger partial charge on any atom is 0.331 e. The number of hydrogen-bond acceptors (Lipinski definition) is 6. The maximum atomic E-state index is 13.4. The second-order valence-electron chi connectivity index (χ2n) is 9.42. The number of likely N-dealkylation sites (N-methyl/N-ethyl adjacent to an activating group) is 1. The first-order valence-corrected chi connectivity index (χ1v) is 12.6. The lowest BCUT2D eigenvalue weighted by Gasteiger charge is -2.31. The van der Waals surface area contributed by atoms with Crippen LogP contribution in [0, 0.1) is 6.92 Å². The van der Waals surface area contributed by atoms with Gasteiger partial charge in [0.2, 0.25) is 0 Å². The van der Waals surface area contributed by atoms with Gasteiger partial charge in [0.05, 0.1) is 28.6 Å². The van der Waals surface area contributed by atoms with Gasteiger partial charge < -0.3 is 20.3 Å². The first-order chi connectivity index (χ1) is 16.5. The number of anilines is 3. The third kappa shape index (κ3) is 3.78. The lowest BCUT2D eigenvalue weighted by Crippen LogP contribution is -2.46. The van der Waals surface area contributed by atoms with Crippen molar-refractivity contribution >= 4 is 50.6 Å². The fraction of sp³-hybridized carbons (Fsp3) is 0.400. The van der Waals surface area contributed by atoms with E-state index in [-0.39, 0.29) is 18.0 Å². The number of thiophene rings is 1. The summed E-state index contributed by atoms with van der Waals surface area (Å²) in [7, 11) is 2.07. The van der Waals surface area contributed by atoms with Gasteiger partial charge in [0.15, 0.2) is 0 Å². The molecular weight excluding hydrogens is 450 g/mol. The molecule has 0 spiro atoms. The van der Waals surface area contributed by atoms with Crippen LogP contribution in [-0.2, 0) is 0 Å². The molecule has 1 unspecified atom stereocenters. The quantitative estimate of drug-likeness (QED) is 0.559. The van der Waals surface area contributed by atoms with Crippen LogP contribution >= 0.6 is 11.3 Å². The topological polar surface area (TPSA) is 86.8 Å². The number of nitrogens with zero attached hydrogens (tertiary/aromatic N) is 3. The van der Waals surface area contributed by atoms with Crippen molar-refractivity contribution in [2.24, 2.45) is 0 Å². The first-order valence-electron chi connectivity index (χ1n) is 11.8.